The largest absolute Gasteiger partial charge is 0.519 e. The number of para-hydroxylation sites is 2. The Balaban J connectivity index is 1.98. The van der Waals surface area contributed by atoms with Gasteiger partial charge in [0.1, 0.15) is 11.5 Å². The monoisotopic (exact) mass is 326 g/mol. The first kappa shape index (κ1) is 18.1. The molecule has 2 aromatic rings. The van der Waals surface area contributed by atoms with E-state index < -0.39 is 6.16 Å². The second-order valence-electron chi connectivity index (χ2n) is 5.83. The zero-order chi connectivity index (χ0) is 17.2. The minimum atomic E-state index is -0.683. The zero-order valence-corrected chi connectivity index (χ0v) is 14.6. The van der Waals surface area contributed by atoms with Crippen molar-refractivity contribution in [2.75, 3.05) is 0 Å². The predicted octanol–water partition coefficient (Wildman–Crippen LogP) is 5.95. The van der Waals surface area contributed by atoms with Gasteiger partial charge in [0.25, 0.3) is 0 Å². The van der Waals surface area contributed by atoms with E-state index in [0.717, 1.165) is 30.4 Å². The summed E-state index contributed by atoms with van der Waals surface area (Å²) in [5.41, 5.74) is 2.04. The van der Waals surface area contributed by atoms with Gasteiger partial charge in [-0.3, -0.25) is 0 Å². The van der Waals surface area contributed by atoms with Crippen LogP contribution in [-0.4, -0.2) is 6.16 Å². The molecule has 2 rings (SSSR count). The fraction of sp³-hybridized carbons (Fsp3) is 0.381. The Bertz CT molecular complexity index is 649. The van der Waals surface area contributed by atoms with E-state index in [1.807, 2.05) is 49.4 Å². The highest BCUT2D eigenvalue weighted by atomic mass is 16.7. The molecular weight excluding hydrogens is 300 g/mol. The molecule has 0 heterocycles. The summed E-state index contributed by atoms with van der Waals surface area (Å²) < 4.78 is 10.8. The molecule has 0 atom stereocenters. The second-order valence-corrected chi connectivity index (χ2v) is 5.83. The molecule has 0 radical (unpaired) electrons. The molecular formula is C21H26O3. The summed E-state index contributed by atoms with van der Waals surface area (Å²) in [7, 11) is 0. The average Bonchev–Trinajstić information content (AvgIpc) is 2.60. The Morgan fingerprint density at radius 3 is 2.00 bits per heavy atom. The predicted molar refractivity (Wildman–Crippen MR) is 96.8 cm³/mol. The van der Waals surface area contributed by atoms with E-state index in [9.17, 15) is 4.79 Å². The van der Waals surface area contributed by atoms with E-state index in [-0.39, 0.29) is 0 Å². The fourth-order valence-electron chi connectivity index (χ4n) is 2.65. The first-order chi connectivity index (χ1) is 11.7. The maximum Gasteiger partial charge on any atom is 0.519 e. The molecule has 0 fully saturated rings. The molecule has 0 unspecified atom stereocenters. The van der Waals surface area contributed by atoms with Crippen LogP contribution in [0.1, 0.15) is 50.7 Å². The molecule has 0 saturated carbocycles. The van der Waals surface area contributed by atoms with Crippen molar-refractivity contribution in [2.45, 2.75) is 52.4 Å². The molecule has 0 N–H and O–H groups in total. The number of unbranched alkanes of at least 4 members (excludes halogenated alkanes) is 3. The summed E-state index contributed by atoms with van der Waals surface area (Å²) in [4.78, 5) is 12.1. The lowest BCUT2D eigenvalue weighted by Crippen LogP contribution is -2.15. The number of benzene rings is 2. The molecule has 3 heteroatoms. The third-order valence-corrected chi connectivity index (χ3v) is 4.01. The molecule has 2 aromatic carbocycles. The molecule has 0 aliphatic heterocycles. The van der Waals surface area contributed by atoms with Gasteiger partial charge >= 0.3 is 6.16 Å². The molecule has 0 spiro atoms. The van der Waals surface area contributed by atoms with E-state index >= 15 is 0 Å². The van der Waals surface area contributed by atoms with Gasteiger partial charge in [-0.15, -0.1) is 0 Å². The number of hydrogen-bond donors (Lipinski definition) is 0. The highest BCUT2D eigenvalue weighted by Gasteiger charge is 2.12. The maximum atomic E-state index is 12.1. The van der Waals surface area contributed by atoms with Gasteiger partial charge in [0, 0.05) is 0 Å². The summed E-state index contributed by atoms with van der Waals surface area (Å²) >= 11 is 0. The van der Waals surface area contributed by atoms with Crippen LogP contribution in [0.25, 0.3) is 0 Å². The molecule has 0 saturated heterocycles. The number of carbonyl (C=O) groups is 1. The van der Waals surface area contributed by atoms with Gasteiger partial charge in [-0.1, -0.05) is 69.5 Å². The second kappa shape index (κ2) is 9.76. The topological polar surface area (TPSA) is 35.5 Å². The molecule has 0 aromatic heterocycles. The third kappa shape index (κ3) is 5.41. The lowest BCUT2D eigenvalue weighted by atomic mass is 10.1. The standard InChI is InChI=1S/C21H26O3/c1-3-5-6-7-13-18-14-9-11-16-20(18)24-21(22)23-19-15-10-8-12-17(19)4-2/h8-12,14-16H,3-7,13H2,1-2H3. The van der Waals surface area contributed by atoms with Crippen molar-refractivity contribution in [3.8, 4) is 11.5 Å². The van der Waals surface area contributed by atoms with E-state index in [1.54, 1.807) is 6.07 Å². The van der Waals surface area contributed by atoms with Crippen LogP contribution >= 0.6 is 0 Å². The number of carbonyl (C=O) groups excluding carboxylic acids is 1. The maximum absolute atomic E-state index is 12.1. The number of aryl methyl sites for hydroxylation is 2. The van der Waals surface area contributed by atoms with Gasteiger partial charge in [-0.05, 0) is 42.5 Å². The van der Waals surface area contributed by atoms with Gasteiger partial charge in [-0.2, -0.15) is 0 Å². The molecule has 0 aliphatic carbocycles. The zero-order valence-electron chi connectivity index (χ0n) is 14.6. The quantitative estimate of drug-likeness (QED) is 0.341. The van der Waals surface area contributed by atoms with E-state index in [2.05, 4.69) is 6.92 Å². The molecule has 0 bridgehead atoms. The van der Waals surface area contributed by atoms with Gasteiger partial charge in [0.2, 0.25) is 0 Å². The van der Waals surface area contributed by atoms with Crippen LogP contribution in [0, 0.1) is 0 Å². The summed E-state index contributed by atoms with van der Waals surface area (Å²) in [6.45, 7) is 4.22. The van der Waals surface area contributed by atoms with Crippen LogP contribution < -0.4 is 9.47 Å². The van der Waals surface area contributed by atoms with Gasteiger partial charge < -0.3 is 9.47 Å². The van der Waals surface area contributed by atoms with Crippen LogP contribution in [0.3, 0.4) is 0 Å². The van der Waals surface area contributed by atoms with Crippen molar-refractivity contribution in [3.63, 3.8) is 0 Å². The SMILES string of the molecule is CCCCCCc1ccccc1OC(=O)Oc1ccccc1CC. The highest BCUT2D eigenvalue weighted by Crippen LogP contribution is 2.23. The van der Waals surface area contributed by atoms with E-state index in [4.69, 9.17) is 9.47 Å². The number of ether oxygens (including phenoxy) is 2. The van der Waals surface area contributed by atoms with Crippen LogP contribution in [0.2, 0.25) is 0 Å². The summed E-state index contributed by atoms with van der Waals surface area (Å²) in [5, 5.41) is 0. The minimum Gasteiger partial charge on any atom is -0.394 e. The molecule has 0 aliphatic rings. The Morgan fingerprint density at radius 2 is 1.38 bits per heavy atom. The van der Waals surface area contributed by atoms with Crippen LogP contribution in [0.15, 0.2) is 48.5 Å². The molecule has 0 amide bonds. The average molecular weight is 326 g/mol. The van der Waals surface area contributed by atoms with Crippen molar-refractivity contribution in [2.24, 2.45) is 0 Å². The van der Waals surface area contributed by atoms with Crippen LogP contribution in [0.5, 0.6) is 11.5 Å². The highest BCUT2D eigenvalue weighted by molar-refractivity contribution is 5.68. The molecule has 128 valence electrons. The third-order valence-electron chi connectivity index (χ3n) is 4.01. The lowest BCUT2D eigenvalue weighted by molar-refractivity contribution is 0.151. The van der Waals surface area contributed by atoms with Crippen LogP contribution in [0.4, 0.5) is 4.79 Å². The van der Waals surface area contributed by atoms with E-state index in [0.29, 0.717) is 11.5 Å². The van der Waals surface area contributed by atoms with Gasteiger partial charge in [-0.25, -0.2) is 4.79 Å². The first-order valence-electron chi connectivity index (χ1n) is 8.80. The Kier molecular flexibility index (Phi) is 7.34. The number of rotatable bonds is 8. The lowest BCUT2D eigenvalue weighted by Gasteiger charge is -2.11. The Morgan fingerprint density at radius 1 is 0.792 bits per heavy atom. The fourth-order valence-corrected chi connectivity index (χ4v) is 2.65. The van der Waals surface area contributed by atoms with Crippen molar-refractivity contribution in [1.82, 2.24) is 0 Å². The summed E-state index contributed by atoms with van der Waals surface area (Å²) in [6, 6.07) is 15.2. The van der Waals surface area contributed by atoms with Crippen LogP contribution in [-0.2, 0) is 12.8 Å². The number of hydrogen-bond acceptors (Lipinski definition) is 3. The van der Waals surface area contributed by atoms with Crippen molar-refractivity contribution in [3.05, 3.63) is 59.7 Å². The van der Waals surface area contributed by atoms with Crippen molar-refractivity contribution in [1.29, 1.82) is 0 Å². The smallest absolute Gasteiger partial charge is 0.394 e. The normalized spacial score (nSPS) is 10.4. The Labute approximate surface area is 144 Å². The first-order valence-corrected chi connectivity index (χ1v) is 8.80. The molecule has 24 heavy (non-hydrogen) atoms. The Hall–Kier alpha value is -2.29. The minimum absolute atomic E-state index is 0.561. The van der Waals surface area contributed by atoms with E-state index in [1.165, 1.54) is 19.3 Å². The van der Waals surface area contributed by atoms with Crippen molar-refractivity contribution >= 4 is 6.16 Å². The molecule has 3 nitrogen and oxygen atoms in total. The van der Waals surface area contributed by atoms with Crippen molar-refractivity contribution < 1.29 is 14.3 Å². The summed E-state index contributed by atoms with van der Waals surface area (Å²) in [6.07, 6.45) is 5.77. The van der Waals surface area contributed by atoms with Gasteiger partial charge in [0.05, 0.1) is 0 Å². The summed E-state index contributed by atoms with van der Waals surface area (Å²) in [5.74, 6) is 1.15. The van der Waals surface area contributed by atoms with Gasteiger partial charge in [0.15, 0.2) is 0 Å².